The van der Waals surface area contributed by atoms with Crippen LogP contribution in [0.3, 0.4) is 0 Å². The topological polar surface area (TPSA) is 80.9 Å². The molecule has 3 rings (SSSR count). The summed E-state index contributed by atoms with van der Waals surface area (Å²) >= 11 is 5.90. The molecule has 0 aliphatic rings. The number of carboxylic acid groups (broad SMARTS) is 1. The number of hydrogen-bond donors (Lipinski definition) is 1. The van der Waals surface area contributed by atoms with Crippen molar-refractivity contribution in [3.05, 3.63) is 53.3 Å². The second-order valence-corrected chi connectivity index (χ2v) is 5.21. The van der Waals surface area contributed by atoms with Crippen LogP contribution in [0.2, 0.25) is 5.15 Å². The van der Waals surface area contributed by atoms with Gasteiger partial charge in [-0.1, -0.05) is 17.7 Å². The van der Waals surface area contributed by atoms with Crippen LogP contribution in [0.1, 0.15) is 10.5 Å². The Morgan fingerprint density at radius 1 is 1.26 bits per heavy atom. The Kier molecular flexibility index (Phi) is 3.79. The molecule has 0 unspecified atom stereocenters. The second kappa shape index (κ2) is 5.77. The van der Waals surface area contributed by atoms with Gasteiger partial charge in [0.1, 0.15) is 17.3 Å². The van der Waals surface area contributed by atoms with Crippen LogP contribution in [0.15, 0.2) is 36.7 Å². The summed E-state index contributed by atoms with van der Waals surface area (Å²) in [7, 11) is 1.73. The number of aryl methyl sites for hydroxylation is 1. The zero-order valence-corrected chi connectivity index (χ0v) is 12.6. The van der Waals surface area contributed by atoms with Gasteiger partial charge < -0.3 is 9.67 Å². The van der Waals surface area contributed by atoms with Crippen molar-refractivity contribution in [2.75, 3.05) is 0 Å². The lowest BCUT2D eigenvalue weighted by molar-refractivity contribution is 0.0690. The molecule has 2 heterocycles. The van der Waals surface area contributed by atoms with E-state index in [2.05, 4.69) is 15.2 Å². The van der Waals surface area contributed by atoms with Gasteiger partial charge in [-0.25, -0.2) is 14.2 Å². The smallest absolute Gasteiger partial charge is 0.354 e. The molecule has 0 aliphatic carbocycles. The summed E-state index contributed by atoms with van der Waals surface area (Å²) in [6.07, 6.45) is 1.49. The van der Waals surface area contributed by atoms with E-state index in [4.69, 9.17) is 16.7 Å². The van der Waals surface area contributed by atoms with Crippen LogP contribution in [-0.4, -0.2) is 30.8 Å². The molecule has 0 saturated carbocycles. The van der Waals surface area contributed by atoms with E-state index in [-0.39, 0.29) is 10.8 Å². The minimum atomic E-state index is -1.20. The van der Waals surface area contributed by atoms with E-state index in [9.17, 15) is 9.18 Å². The zero-order chi connectivity index (χ0) is 16.6. The molecule has 116 valence electrons. The zero-order valence-electron chi connectivity index (χ0n) is 11.9. The quantitative estimate of drug-likeness (QED) is 0.746. The molecule has 0 bridgehead atoms. The minimum Gasteiger partial charge on any atom is -0.477 e. The van der Waals surface area contributed by atoms with Gasteiger partial charge in [0, 0.05) is 12.6 Å². The summed E-state index contributed by atoms with van der Waals surface area (Å²) in [4.78, 5) is 14.9. The Balaban J connectivity index is 2.25. The normalized spacial score (nSPS) is 10.7. The molecule has 1 N–H and O–H groups in total. The highest BCUT2D eigenvalue weighted by Crippen LogP contribution is 2.32. The number of aromatic carboxylic acids is 1. The number of nitrogens with zero attached hydrogens (tertiary/aromatic N) is 4. The molecule has 0 saturated heterocycles. The molecule has 1 aromatic carbocycles. The molecule has 0 fully saturated rings. The summed E-state index contributed by atoms with van der Waals surface area (Å²) in [5.41, 5.74) is 1.36. The molecule has 2 aromatic heterocycles. The Hall–Kier alpha value is -2.80. The molecule has 0 atom stereocenters. The van der Waals surface area contributed by atoms with Crippen LogP contribution < -0.4 is 0 Å². The van der Waals surface area contributed by atoms with E-state index in [1.165, 1.54) is 36.7 Å². The van der Waals surface area contributed by atoms with E-state index in [1.807, 2.05) is 0 Å². The first-order valence-electron chi connectivity index (χ1n) is 6.51. The van der Waals surface area contributed by atoms with Crippen molar-refractivity contribution in [1.82, 2.24) is 19.7 Å². The highest BCUT2D eigenvalue weighted by Gasteiger charge is 2.16. The lowest BCUT2D eigenvalue weighted by atomic mass is 9.99. The summed E-state index contributed by atoms with van der Waals surface area (Å²) in [6, 6.07) is 7.02. The van der Waals surface area contributed by atoms with Gasteiger partial charge in [0.2, 0.25) is 0 Å². The van der Waals surface area contributed by atoms with Crippen LogP contribution in [-0.2, 0) is 7.05 Å². The highest BCUT2D eigenvalue weighted by atomic mass is 35.5. The monoisotopic (exact) mass is 332 g/mol. The number of pyridine rings is 1. The van der Waals surface area contributed by atoms with Crippen molar-refractivity contribution in [2.24, 2.45) is 7.05 Å². The van der Waals surface area contributed by atoms with Gasteiger partial charge in [-0.3, -0.25) is 0 Å². The van der Waals surface area contributed by atoms with E-state index >= 15 is 0 Å². The summed E-state index contributed by atoms with van der Waals surface area (Å²) < 4.78 is 15.3. The number of carboxylic acids is 1. The average Bonchev–Trinajstić information content (AvgIpc) is 2.92. The maximum absolute atomic E-state index is 13.7. The summed E-state index contributed by atoms with van der Waals surface area (Å²) in [6.45, 7) is 0. The Bertz CT molecular complexity index is 910. The minimum absolute atomic E-state index is 0.0353. The molecule has 8 heteroatoms. The van der Waals surface area contributed by atoms with E-state index in [0.29, 0.717) is 22.5 Å². The van der Waals surface area contributed by atoms with Crippen LogP contribution in [0.5, 0.6) is 0 Å². The van der Waals surface area contributed by atoms with Crippen molar-refractivity contribution in [3.63, 3.8) is 0 Å². The van der Waals surface area contributed by atoms with Gasteiger partial charge >= 0.3 is 5.97 Å². The van der Waals surface area contributed by atoms with Gasteiger partial charge in [0.25, 0.3) is 0 Å². The van der Waals surface area contributed by atoms with E-state index in [0.717, 1.165) is 0 Å². The largest absolute Gasteiger partial charge is 0.477 e. The molecule has 0 radical (unpaired) electrons. The fourth-order valence-corrected chi connectivity index (χ4v) is 2.45. The maximum Gasteiger partial charge on any atom is 0.354 e. The molecule has 0 spiro atoms. The number of carbonyl (C=O) groups is 1. The standard InChI is InChI=1S/C15H10ClFN4O2/c1-21-7-18-20-14(21)11-6-9(17)2-3-10(11)8-4-12(15(22)23)19-13(16)5-8/h2-7H,1H3,(H,22,23). The van der Waals surface area contributed by atoms with Crippen LogP contribution in [0.4, 0.5) is 4.39 Å². The number of hydrogen-bond acceptors (Lipinski definition) is 4. The van der Waals surface area contributed by atoms with Crippen molar-refractivity contribution >= 4 is 17.6 Å². The molecule has 0 aliphatic heterocycles. The Morgan fingerprint density at radius 2 is 2.04 bits per heavy atom. The third kappa shape index (κ3) is 2.91. The number of halogens is 2. The predicted molar refractivity (Wildman–Crippen MR) is 81.6 cm³/mol. The third-order valence-corrected chi connectivity index (χ3v) is 3.45. The summed E-state index contributed by atoms with van der Waals surface area (Å²) in [5, 5.41) is 16.9. The van der Waals surface area contributed by atoms with Crippen molar-refractivity contribution < 1.29 is 14.3 Å². The van der Waals surface area contributed by atoms with Crippen molar-refractivity contribution in [1.29, 1.82) is 0 Å². The van der Waals surface area contributed by atoms with E-state index < -0.39 is 11.8 Å². The van der Waals surface area contributed by atoms with Crippen LogP contribution in [0, 0.1) is 5.82 Å². The highest BCUT2D eigenvalue weighted by molar-refractivity contribution is 6.29. The first-order chi connectivity index (χ1) is 11.0. The Labute approximate surface area is 135 Å². The van der Waals surface area contributed by atoms with Crippen molar-refractivity contribution in [2.45, 2.75) is 0 Å². The van der Waals surface area contributed by atoms with Gasteiger partial charge in [-0.05, 0) is 35.4 Å². The number of aromatic nitrogens is 4. The second-order valence-electron chi connectivity index (χ2n) is 4.82. The third-order valence-electron chi connectivity index (χ3n) is 3.26. The Morgan fingerprint density at radius 3 is 2.70 bits per heavy atom. The first kappa shape index (κ1) is 15.1. The lowest BCUT2D eigenvalue weighted by Gasteiger charge is -2.10. The average molecular weight is 333 g/mol. The maximum atomic E-state index is 13.7. The first-order valence-corrected chi connectivity index (χ1v) is 6.88. The molecular formula is C15H10ClFN4O2. The van der Waals surface area contributed by atoms with Crippen LogP contribution >= 0.6 is 11.6 Å². The molecule has 23 heavy (non-hydrogen) atoms. The van der Waals surface area contributed by atoms with E-state index in [1.54, 1.807) is 11.6 Å². The molecule has 0 amide bonds. The molecular weight excluding hydrogens is 323 g/mol. The van der Waals surface area contributed by atoms with Gasteiger partial charge in [-0.15, -0.1) is 10.2 Å². The lowest BCUT2D eigenvalue weighted by Crippen LogP contribution is -2.01. The van der Waals surface area contributed by atoms with Gasteiger partial charge in [0.05, 0.1) is 0 Å². The number of benzene rings is 1. The molecule has 6 nitrogen and oxygen atoms in total. The molecule has 3 aromatic rings. The predicted octanol–water partition coefficient (Wildman–Crippen LogP) is 3.03. The SMILES string of the molecule is Cn1cnnc1-c1cc(F)ccc1-c1cc(Cl)nc(C(=O)O)c1. The summed E-state index contributed by atoms with van der Waals surface area (Å²) in [5.74, 6) is -1.19. The fraction of sp³-hybridized carbons (Fsp3) is 0.0667. The van der Waals surface area contributed by atoms with Gasteiger partial charge in [-0.2, -0.15) is 0 Å². The fourth-order valence-electron chi connectivity index (χ4n) is 2.24. The van der Waals surface area contributed by atoms with Crippen LogP contribution in [0.25, 0.3) is 22.5 Å². The van der Waals surface area contributed by atoms with Gasteiger partial charge in [0.15, 0.2) is 11.5 Å². The number of rotatable bonds is 3. The van der Waals surface area contributed by atoms with Crippen molar-refractivity contribution in [3.8, 4) is 22.5 Å².